The molecule has 0 atom stereocenters. The van der Waals surface area contributed by atoms with Crippen LogP contribution in [0.15, 0.2) is 76.9 Å². The topological polar surface area (TPSA) is 79.0 Å². The molecule has 0 fully saturated rings. The first-order chi connectivity index (χ1) is 13.0. The van der Waals surface area contributed by atoms with Crippen LogP contribution in [0.2, 0.25) is 0 Å². The van der Waals surface area contributed by atoms with E-state index >= 15 is 0 Å². The summed E-state index contributed by atoms with van der Waals surface area (Å²) in [5, 5.41) is 19.2. The van der Waals surface area contributed by atoms with Crippen LogP contribution in [-0.4, -0.2) is 28.1 Å². The first kappa shape index (κ1) is 16.7. The number of rotatable bonds is 2. The molecule has 4 rings (SSSR count). The lowest BCUT2D eigenvalue weighted by Gasteiger charge is -2.13. The molecular formula is C20H16N4O3. The summed E-state index contributed by atoms with van der Waals surface area (Å²) in [6.45, 7) is 3.19. The van der Waals surface area contributed by atoms with Crippen molar-refractivity contribution in [2.45, 2.75) is 13.8 Å². The smallest absolute Gasteiger partial charge is 0.322 e. The average Bonchev–Trinajstić information content (AvgIpc) is 3.09. The van der Waals surface area contributed by atoms with Crippen LogP contribution in [0.5, 0.6) is 0 Å². The number of hydrogen-bond acceptors (Lipinski definition) is 4. The highest BCUT2D eigenvalue weighted by Gasteiger charge is 2.45. The summed E-state index contributed by atoms with van der Waals surface area (Å²) < 4.78 is 0. The van der Waals surface area contributed by atoms with Gasteiger partial charge in [0.25, 0.3) is 5.91 Å². The van der Waals surface area contributed by atoms with Crippen molar-refractivity contribution in [2.24, 2.45) is 5.10 Å². The number of amides is 2. The number of hydrazine groups is 1. The molecule has 0 aliphatic carbocycles. The zero-order valence-electron chi connectivity index (χ0n) is 14.8. The van der Waals surface area contributed by atoms with Crippen LogP contribution in [0.3, 0.4) is 0 Å². The molecule has 2 heterocycles. The van der Waals surface area contributed by atoms with E-state index in [1.54, 1.807) is 61.5 Å². The van der Waals surface area contributed by atoms with Gasteiger partial charge in [0, 0.05) is 6.92 Å². The van der Waals surface area contributed by atoms with Crippen LogP contribution in [0.25, 0.3) is 0 Å². The van der Waals surface area contributed by atoms with Crippen molar-refractivity contribution in [3.8, 4) is 0 Å². The Hall–Kier alpha value is -3.74. The van der Waals surface area contributed by atoms with Crippen molar-refractivity contribution in [1.29, 1.82) is 0 Å². The van der Waals surface area contributed by atoms with Gasteiger partial charge in [0.15, 0.2) is 0 Å². The van der Waals surface area contributed by atoms with E-state index in [0.29, 0.717) is 21.9 Å². The van der Waals surface area contributed by atoms with Crippen molar-refractivity contribution in [3.05, 3.63) is 77.0 Å². The monoisotopic (exact) mass is 360 g/mol. The molecule has 7 nitrogen and oxygen atoms in total. The Morgan fingerprint density at radius 3 is 1.96 bits per heavy atom. The Bertz CT molecular complexity index is 1040. The molecule has 2 aromatic rings. The highest BCUT2D eigenvalue weighted by atomic mass is 16.5. The van der Waals surface area contributed by atoms with Crippen molar-refractivity contribution in [2.75, 3.05) is 10.0 Å². The largest absolute Gasteiger partial charge is 0.595 e. The van der Waals surface area contributed by atoms with Gasteiger partial charge in [-0.05, 0) is 31.2 Å². The van der Waals surface area contributed by atoms with E-state index in [4.69, 9.17) is 0 Å². The third-order valence-corrected chi connectivity index (χ3v) is 4.51. The van der Waals surface area contributed by atoms with E-state index in [1.807, 2.05) is 6.07 Å². The number of benzene rings is 2. The fourth-order valence-corrected chi connectivity index (χ4v) is 3.21. The lowest BCUT2D eigenvalue weighted by molar-refractivity contribution is -0.456. The fourth-order valence-electron chi connectivity index (χ4n) is 3.21. The average molecular weight is 360 g/mol. The maximum absolute atomic E-state index is 13.0. The summed E-state index contributed by atoms with van der Waals surface area (Å²) in [7, 11) is 0. The molecule has 2 aliphatic heterocycles. The van der Waals surface area contributed by atoms with Crippen LogP contribution in [0, 0.1) is 5.21 Å². The summed E-state index contributed by atoms with van der Waals surface area (Å²) in [6.07, 6.45) is 0. The first-order valence-electron chi connectivity index (χ1n) is 8.40. The van der Waals surface area contributed by atoms with Crippen LogP contribution >= 0.6 is 0 Å². The van der Waals surface area contributed by atoms with Gasteiger partial charge in [-0.25, -0.2) is 0 Å². The molecular weight excluding hydrogens is 344 g/mol. The van der Waals surface area contributed by atoms with Gasteiger partial charge in [-0.15, -0.1) is 0 Å². The zero-order chi connectivity index (χ0) is 19.1. The molecule has 0 saturated heterocycles. The number of carbonyl (C=O) groups excluding carboxylic acids is 2. The number of anilines is 2. The second-order valence-corrected chi connectivity index (χ2v) is 6.20. The Morgan fingerprint density at radius 1 is 0.815 bits per heavy atom. The van der Waals surface area contributed by atoms with Crippen LogP contribution in [0.1, 0.15) is 13.8 Å². The molecule has 2 amide bonds. The molecule has 0 radical (unpaired) electrons. The highest BCUT2D eigenvalue weighted by molar-refractivity contribution is 6.40. The van der Waals surface area contributed by atoms with E-state index in [-0.39, 0.29) is 16.9 Å². The predicted molar refractivity (Wildman–Crippen MR) is 102 cm³/mol. The molecule has 134 valence electrons. The van der Waals surface area contributed by atoms with Gasteiger partial charge in [0.1, 0.15) is 11.3 Å². The van der Waals surface area contributed by atoms with Crippen molar-refractivity contribution < 1.29 is 14.4 Å². The van der Waals surface area contributed by atoms with E-state index in [0.717, 1.165) is 5.01 Å². The maximum atomic E-state index is 13.0. The standard InChI is InChI=1S/C20H16N4O3/c1-13-17(19(25)22(21-13)15-9-5-3-6-10-15)18-14(2)24(27)23(20(18)26)16-11-7-4-8-12-16/h3-12H,1-2H3. The summed E-state index contributed by atoms with van der Waals surface area (Å²) in [4.78, 5) is 26.5. The van der Waals surface area contributed by atoms with Gasteiger partial charge >= 0.3 is 5.91 Å². The Kier molecular flexibility index (Phi) is 3.84. The molecule has 0 bridgehead atoms. The molecule has 2 aliphatic rings. The second kappa shape index (κ2) is 6.21. The number of hydrogen-bond donors (Lipinski definition) is 0. The van der Waals surface area contributed by atoms with E-state index < -0.39 is 11.8 Å². The zero-order valence-corrected chi connectivity index (χ0v) is 14.8. The minimum Gasteiger partial charge on any atom is -0.595 e. The predicted octanol–water partition coefficient (Wildman–Crippen LogP) is 2.64. The van der Waals surface area contributed by atoms with Crippen LogP contribution < -0.4 is 10.0 Å². The van der Waals surface area contributed by atoms with Gasteiger partial charge in [-0.2, -0.15) is 10.1 Å². The fraction of sp³-hybridized carbons (Fsp3) is 0.100. The third kappa shape index (κ3) is 2.52. The van der Waals surface area contributed by atoms with Crippen LogP contribution in [-0.2, 0) is 9.59 Å². The Labute approximate surface area is 155 Å². The van der Waals surface area contributed by atoms with Gasteiger partial charge in [-0.3, -0.25) is 9.59 Å². The van der Waals surface area contributed by atoms with E-state index in [1.165, 1.54) is 11.9 Å². The molecule has 7 heteroatoms. The van der Waals surface area contributed by atoms with Crippen molar-refractivity contribution in [1.82, 2.24) is 0 Å². The van der Waals surface area contributed by atoms with E-state index in [9.17, 15) is 14.8 Å². The minimum atomic E-state index is -0.540. The third-order valence-electron chi connectivity index (χ3n) is 4.51. The van der Waals surface area contributed by atoms with Crippen LogP contribution in [0.4, 0.5) is 11.4 Å². The molecule has 0 saturated carbocycles. The van der Waals surface area contributed by atoms with Gasteiger partial charge in [0.05, 0.1) is 17.0 Å². The summed E-state index contributed by atoms with van der Waals surface area (Å²) >= 11 is 0. The van der Waals surface area contributed by atoms with Gasteiger partial charge in [0.2, 0.25) is 5.71 Å². The second-order valence-electron chi connectivity index (χ2n) is 6.20. The van der Waals surface area contributed by atoms with Crippen molar-refractivity contribution in [3.63, 3.8) is 0 Å². The molecule has 0 spiro atoms. The highest BCUT2D eigenvalue weighted by Crippen LogP contribution is 2.30. The number of carbonyl (C=O) groups is 2. The molecule has 2 aromatic carbocycles. The number of hydrazone groups is 2. The summed E-state index contributed by atoms with van der Waals surface area (Å²) in [5.41, 5.74) is 1.83. The number of para-hydroxylation sites is 2. The molecule has 0 unspecified atom stereocenters. The molecule has 27 heavy (non-hydrogen) atoms. The molecule has 0 N–H and O–H groups in total. The maximum Gasteiger partial charge on any atom is 0.322 e. The lowest BCUT2D eigenvalue weighted by Crippen LogP contribution is -2.32. The van der Waals surface area contributed by atoms with E-state index in [2.05, 4.69) is 5.10 Å². The summed E-state index contributed by atoms with van der Waals surface area (Å²) in [6, 6.07) is 17.5. The normalized spacial score (nSPS) is 20.0. The van der Waals surface area contributed by atoms with Gasteiger partial charge < -0.3 is 5.21 Å². The first-order valence-corrected chi connectivity index (χ1v) is 8.40. The minimum absolute atomic E-state index is 0.0820. The lowest BCUT2D eigenvalue weighted by atomic mass is 10.0. The van der Waals surface area contributed by atoms with Gasteiger partial charge in [-0.1, -0.05) is 46.3 Å². The molecule has 0 aromatic heterocycles. The summed E-state index contributed by atoms with van der Waals surface area (Å²) in [5.74, 6) is -0.966. The SMILES string of the molecule is CC1=NN(c2ccccc2)C(=O)C1=C1C(=O)N(c2ccccc2)[N+]([O-])=C1C. The Morgan fingerprint density at radius 2 is 1.37 bits per heavy atom. The number of nitrogens with zero attached hydrogens (tertiary/aromatic N) is 4. The van der Waals surface area contributed by atoms with Crippen molar-refractivity contribution >= 4 is 34.6 Å². The quantitative estimate of drug-likeness (QED) is 0.469. The Balaban J connectivity index is 1.81.